The molecule has 6 heteroatoms. The lowest BCUT2D eigenvalue weighted by atomic mass is 10.1. The summed E-state index contributed by atoms with van der Waals surface area (Å²) in [6, 6.07) is 11.6. The van der Waals surface area contributed by atoms with Crippen molar-refractivity contribution in [2.45, 2.75) is 19.5 Å². The second-order valence-corrected chi connectivity index (χ2v) is 6.18. The molecule has 1 amide bonds. The van der Waals surface area contributed by atoms with Crippen LogP contribution in [0.2, 0.25) is 0 Å². The zero-order valence-corrected chi connectivity index (χ0v) is 14.1. The quantitative estimate of drug-likeness (QED) is 0.735. The molecule has 6 nitrogen and oxygen atoms in total. The van der Waals surface area contributed by atoms with Gasteiger partial charge in [-0.1, -0.05) is 24.3 Å². The van der Waals surface area contributed by atoms with Crippen LogP contribution in [0.15, 0.2) is 48.9 Å². The Morgan fingerprint density at radius 1 is 1.28 bits per heavy atom. The maximum Gasteiger partial charge on any atom is 0.272 e. The number of rotatable bonds is 4. The van der Waals surface area contributed by atoms with Crippen LogP contribution in [0.1, 0.15) is 29.1 Å². The van der Waals surface area contributed by atoms with Crippen molar-refractivity contribution in [2.24, 2.45) is 0 Å². The molecule has 1 atom stereocenters. The van der Waals surface area contributed by atoms with Crippen molar-refractivity contribution in [1.82, 2.24) is 19.4 Å². The van der Waals surface area contributed by atoms with Crippen LogP contribution in [0.4, 0.5) is 0 Å². The average molecular weight is 336 g/mol. The van der Waals surface area contributed by atoms with Crippen molar-refractivity contribution in [3.63, 3.8) is 0 Å². The summed E-state index contributed by atoms with van der Waals surface area (Å²) in [5, 5.41) is 1.03. The number of nitrogens with zero attached hydrogens (tertiary/aromatic N) is 4. The number of carbonyl (C=O) groups is 1. The number of carbonyl (C=O) groups excluding carboxylic acids is 1. The van der Waals surface area contributed by atoms with E-state index in [-0.39, 0.29) is 11.9 Å². The van der Waals surface area contributed by atoms with E-state index in [0.717, 1.165) is 16.6 Å². The van der Waals surface area contributed by atoms with Gasteiger partial charge in [0.05, 0.1) is 36.7 Å². The monoisotopic (exact) mass is 336 g/mol. The summed E-state index contributed by atoms with van der Waals surface area (Å²) in [6.45, 7) is 4.32. The minimum atomic E-state index is -0.0558. The lowest BCUT2D eigenvalue weighted by Gasteiger charge is -2.34. The number of benzene rings is 1. The van der Waals surface area contributed by atoms with Crippen LogP contribution < -0.4 is 0 Å². The average Bonchev–Trinajstić information content (AvgIpc) is 3.13. The molecule has 1 aliphatic rings. The number of amides is 1. The largest absolute Gasteiger partial charge is 0.380 e. The Morgan fingerprint density at radius 2 is 2.16 bits per heavy atom. The Kier molecular flexibility index (Phi) is 4.19. The Labute approximate surface area is 146 Å². The Morgan fingerprint density at radius 3 is 3.04 bits per heavy atom. The van der Waals surface area contributed by atoms with Crippen molar-refractivity contribution >= 4 is 16.8 Å². The maximum atomic E-state index is 13.0. The number of pyridine rings is 1. The minimum absolute atomic E-state index is 0.0558. The molecule has 4 rings (SSSR count). The molecular weight excluding hydrogens is 316 g/mol. The summed E-state index contributed by atoms with van der Waals surface area (Å²) >= 11 is 0. The van der Waals surface area contributed by atoms with E-state index in [0.29, 0.717) is 32.0 Å². The van der Waals surface area contributed by atoms with Crippen LogP contribution in [0, 0.1) is 0 Å². The molecule has 1 aromatic carbocycles. The fraction of sp³-hybridized carbons (Fsp3) is 0.316. The topological polar surface area (TPSA) is 60.2 Å². The van der Waals surface area contributed by atoms with Crippen LogP contribution in [-0.4, -0.2) is 45.1 Å². The fourth-order valence-electron chi connectivity index (χ4n) is 3.27. The van der Waals surface area contributed by atoms with E-state index in [4.69, 9.17) is 4.74 Å². The molecular formula is C19H20N4O2. The molecule has 0 radical (unpaired) electrons. The van der Waals surface area contributed by atoms with Gasteiger partial charge in [-0.3, -0.25) is 4.79 Å². The molecule has 1 aliphatic heterocycles. The summed E-state index contributed by atoms with van der Waals surface area (Å²) in [5.41, 5.74) is 2.33. The zero-order chi connectivity index (χ0) is 17.2. The van der Waals surface area contributed by atoms with Gasteiger partial charge in [0, 0.05) is 24.7 Å². The number of ether oxygens (including phenoxy) is 1. The first-order valence-electron chi connectivity index (χ1n) is 8.50. The van der Waals surface area contributed by atoms with Crippen LogP contribution >= 0.6 is 0 Å². The molecule has 0 unspecified atom stereocenters. The van der Waals surface area contributed by atoms with Crippen LogP contribution in [-0.2, 0) is 11.3 Å². The predicted octanol–water partition coefficient (Wildman–Crippen LogP) is 2.66. The molecule has 0 N–H and O–H groups in total. The summed E-state index contributed by atoms with van der Waals surface area (Å²) in [5.74, 6) is -0.0558. The first kappa shape index (κ1) is 15.8. The molecule has 0 saturated heterocycles. The SMILES string of the molecule is CCOC[C@H]1CN(C(=O)c2ccc3ccccc3n2)Cc2cncn21. The van der Waals surface area contributed by atoms with Gasteiger partial charge in [0.2, 0.25) is 0 Å². The van der Waals surface area contributed by atoms with Crippen molar-refractivity contribution in [3.8, 4) is 0 Å². The smallest absolute Gasteiger partial charge is 0.272 e. The van der Waals surface area contributed by atoms with E-state index in [1.807, 2.05) is 54.7 Å². The van der Waals surface area contributed by atoms with Gasteiger partial charge in [-0.2, -0.15) is 0 Å². The zero-order valence-electron chi connectivity index (χ0n) is 14.1. The first-order valence-corrected chi connectivity index (χ1v) is 8.50. The van der Waals surface area contributed by atoms with E-state index in [1.165, 1.54) is 0 Å². The van der Waals surface area contributed by atoms with Gasteiger partial charge in [-0.15, -0.1) is 0 Å². The summed E-state index contributed by atoms with van der Waals surface area (Å²) in [6.07, 6.45) is 3.63. The number of fused-ring (bicyclic) bond motifs is 2. The standard InChI is InChI=1S/C19H20N4O2/c1-2-25-12-16-11-22(10-15-9-20-13-23(15)16)19(24)18-8-7-14-5-3-4-6-17(14)21-18/h3-9,13,16H,2,10-12H2,1H3/t16-/m1/s1. The maximum absolute atomic E-state index is 13.0. The van der Waals surface area contributed by atoms with E-state index >= 15 is 0 Å². The molecule has 0 fully saturated rings. The fourth-order valence-corrected chi connectivity index (χ4v) is 3.27. The highest BCUT2D eigenvalue weighted by molar-refractivity contribution is 5.95. The summed E-state index contributed by atoms with van der Waals surface area (Å²) < 4.78 is 7.69. The summed E-state index contributed by atoms with van der Waals surface area (Å²) in [7, 11) is 0. The molecule has 25 heavy (non-hydrogen) atoms. The van der Waals surface area contributed by atoms with Gasteiger partial charge < -0.3 is 14.2 Å². The highest BCUT2D eigenvalue weighted by Gasteiger charge is 2.29. The second-order valence-electron chi connectivity index (χ2n) is 6.18. The Bertz CT molecular complexity index is 905. The normalized spacial score (nSPS) is 16.8. The molecule has 128 valence electrons. The Hall–Kier alpha value is -2.73. The first-order chi connectivity index (χ1) is 12.3. The van der Waals surface area contributed by atoms with Crippen molar-refractivity contribution < 1.29 is 9.53 Å². The summed E-state index contributed by atoms with van der Waals surface area (Å²) in [4.78, 5) is 23.6. The lowest BCUT2D eigenvalue weighted by molar-refractivity contribution is 0.0540. The molecule has 3 aromatic rings. The number of aromatic nitrogens is 3. The van der Waals surface area contributed by atoms with E-state index in [2.05, 4.69) is 14.5 Å². The van der Waals surface area contributed by atoms with Gasteiger partial charge in [-0.25, -0.2) is 9.97 Å². The van der Waals surface area contributed by atoms with Crippen molar-refractivity contribution in [1.29, 1.82) is 0 Å². The molecule has 0 spiro atoms. The van der Waals surface area contributed by atoms with Gasteiger partial charge in [-0.05, 0) is 19.1 Å². The third-order valence-corrected chi connectivity index (χ3v) is 4.54. The van der Waals surface area contributed by atoms with Gasteiger partial charge in [0.15, 0.2) is 0 Å². The predicted molar refractivity (Wildman–Crippen MR) is 94.2 cm³/mol. The van der Waals surface area contributed by atoms with Crippen LogP contribution in [0.25, 0.3) is 10.9 Å². The number of hydrogen-bond acceptors (Lipinski definition) is 4. The minimum Gasteiger partial charge on any atom is -0.380 e. The highest BCUT2D eigenvalue weighted by atomic mass is 16.5. The molecule has 0 saturated carbocycles. The molecule has 3 heterocycles. The van der Waals surface area contributed by atoms with Crippen molar-refractivity contribution in [2.75, 3.05) is 19.8 Å². The van der Waals surface area contributed by atoms with E-state index in [1.54, 1.807) is 6.07 Å². The molecule has 0 aliphatic carbocycles. The van der Waals surface area contributed by atoms with Crippen LogP contribution in [0.5, 0.6) is 0 Å². The van der Waals surface area contributed by atoms with Gasteiger partial charge in [0.25, 0.3) is 5.91 Å². The van der Waals surface area contributed by atoms with Crippen molar-refractivity contribution in [3.05, 3.63) is 60.3 Å². The highest BCUT2D eigenvalue weighted by Crippen LogP contribution is 2.23. The van der Waals surface area contributed by atoms with E-state index < -0.39 is 0 Å². The van der Waals surface area contributed by atoms with Gasteiger partial charge in [0.1, 0.15) is 5.69 Å². The number of imidazole rings is 1. The number of para-hydroxylation sites is 1. The third kappa shape index (κ3) is 3.00. The third-order valence-electron chi connectivity index (χ3n) is 4.54. The van der Waals surface area contributed by atoms with Gasteiger partial charge >= 0.3 is 0 Å². The molecule has 0 bridgehead atoms. The van der Waals surface area contributed by atoms with Crippen LogP contribution in [0.3, 0.4) is 0 Å². The second kappa shape index (κ2) is 6.64. The Balaban J connectivity index is 1.61. The molecule has 2 aromatic heterocycles. The lowest BCUT2D eigenvalue weighted by Crippen LogP contribution is -2.42. The number of hydrogen-bond donors (Lipinski definition) is 0. The van der Waals surface area contributed by atoms with E-state index in [9.17, 15) is 4.79 Å².